The molecule has 0 spiro atoms. The zero-order valence-electron chi connectivity index (χ0n) is 11.2. The van der Waals surface area contributed by atoms with E-state index in [2.05, 4.69) is 50.5 Å². The van der Waals surface area contributed by atoms with E-state index < -0.39 is 0 Å². The van der Waals surface area contributed by atoms with Crippen LogP contribution in [-0.2, 0) is 0 Å². The summed E-state index contributed by atoms with van der Waals surface area (Å²) < 4.78 is 0. The third-order valence-electron chi connectivity index (χ3n) is 3.51. The quantitative estimate of drug-likeness (QED) is 0.503. The maximum atomic E-state index is 3.65. The highest BCUT2D eigenvalue weighted by atomic mass is 79.9. The van der Waals surface area contributed by atoms with E-state index in [0.717, 1.165) is 17.8 Å². The molecule has 0 rings (SSSR count). The number of hydrogen-bond donors (Lipinski definition) is 0. The molecule has 0 saturated heterocycles. The smallest absolute Gasteiger partial charge is 0.0120 e. The number of halogens is 1. The number of rotatable bonds is 8. The summed E-state index contributed by atoms with van der Waals surface area (Å²) in [4.78, 5) is 0.673. The van der Waals surface area contributed by atoms with Crippen molar-refractivity contribution in [1.29, 1.82) is 0 Å². The average Bonchev–Trinajstić information content (AvgIpc) is 2.13. The van der Waals surface area contributed by atoms with Crippen LogP contribution in [0.3, 0.4) is 0 Å². The molecular weight excluding hydrogens is 248 g/mol. The van der Waals surface area contributed by atoms with Crippen LogP contribution >= 0.6 is 15.9 Å². The zero-order chi connectivity index (χ0) is 11.8. The van der Waals surface area contributed by atoms with Gasteiger partial charge in [0.25, 0.3) is 0 Å². The lowest BCUT2D eigenvalue weighted by Gasteiger charge is -2.26. The molecule has 92 valence electrons. The minimum absolute atomic E-state index is 0.673. The molecule has 0 saturated carbocycles. The van der Waals surface area contributed by atoms with Gasteiger partial charge in [0.2, 0.25) is 0 Å². The van der Waals surface area contributed by atoms with E-state index in [1.807, 2.05) is 0 Å². The lowest BCUT2D eigenvalue weighted by Crippen LogP contribution is -2.15. The fourth-order valence-corrected chi connectivity index (χ4v) is 3.30. The molecule has 0 aliphatic rings. The fraction of sp³-hybridized carbons (Fsp3) is 1.00. The Balaban J connectivity index is 3.96. The van der Waals surface area contributed by atoms with Gasteiger partial charge in [-0.25, -0.2) is 0 Å². The van der Waals surface area contributed by atoms with Crippen LogP contribution < -0.4 is 0 Å². The van der Waals surface area contributed by atoms with Crippen LogP contribution in [0, 0.1) is 17.8 Å². The molecule has 0 aliphatic carbocycles. The minimum Gasteiger partial charge on any atom is -0.0894 e. The first-order valence-electron chi connectivity index (χ1n) is 6.65. The lowest BCUT2D eigenvalue weighted by molar-refractivity contribution is 0.263. The molecule has 4 atom stereocenters. The Morgan fingerprint density at radius 2 is 1.60 bits per heavy atom. The van der Waals surface area contributed by atoms with Crippen molar-refractivity contribution in [3.05, 3.63) is 0 Å². The van der Waals surface area contributed by atoms with Gasteiger partial charge in [0.15, 0.2) is 0 Å². The SMILES string of the molecule is CCCC(C)C(CC)CC(C)CC(C)Br. The molecule has 0 bridgehead atoms. The predicted octanol–water partition coefficient (Wildman–Crippen LogP) is 5.65. The normalized spacial score (nSPS) is 19.6. The molecule has 15 heavy (non-hydrogen) atoms. The zero-order valence-corrected chi connectivity index (χ0v) is 12.8. The molecule has 0 N–H and O–H groups in total. The van der Waals surface area contributed by atoms with Crippen molar-refractivity contribution in [2.45, 2.75) is 71.5 Å². The molecule has 0 amide bonds. The van der Waals surface area contributed by atoms with Crippen LogP contribution in [0.25, 0.3) is 0 Å². The molecule has 0 nitrogen and oxygen atoms in total. The largest absolute Gasteiger partial charge is 0.0894 e. The minimum atomic E-state index is 0.673. The lowest BCUT2D eigenvalue weighted by atomic mass is 9.81. The third kappa shape index (κ3) is 7.38. The van der Waals surface area contributed by atoms with Crippen molar-refractivity contribution < 1.29 is 0 Å². The molecule has 0 heterocycles. The molecule has 0 aromatic heterocycles. The Hall–Kier alpha value is 0.480. The Kier molecular flexibility index (Phi) is 8.89. The molecular formula is C14H29Br. The molecule has 0 aromatic carbocycles. The van der Waals surface area contributed by atoms with E-state index in [0.29, 0.717) is 4.83 Å². The Morgan fingerprint density at radius 3 is 2.00 bits per heavy atom. The summed E-state index contributed by atoms with van der Waals surface area (Å²) in [5.41, 5.74) is 0. The summed E-state index contributed by atoms with van der Waals surface area (Å²) >= 11 is 3.65. The van der Waals surface area contributed by atoms with Gasteiger partial charge in [0, 0.05) is 4.83 Å². The van der Waals surface area contributed by atoms with Crippen LogP contribution in [0.2, 0.25) is 0 Å². The first-order valence-corrected chi connectivity index (χ1v) is 7.56. The van der Waals surface area contributed by atoms with Crippen LogP contribution in [-0.4, -0.2) is 4.83 Å². The van der Waals surface area contributed by atoms with Crippen molar-refractivity contribution in [1.82, 2.24) is 0 Å². The molecule has 1 heteroatoms. The summed E-state index contributed by atoms with van der Waals surface area (Å²) in [6.45, 7) is 11.7. The topological polar surface area (TPSA) is 0 Å². The van der Waals surface area contributed by atoms with Gasteiger partial charge >= 0.3 is 0 Å². The average molecular weight is 277 g/mol. The van der Waals surface area contributed by atoms with E-state index in [1.165, 1.54) is 32.1 Å². The summed E-state index contributed by atoms with van der Waals surface area (Å²) in [5.74, 6) is 2.71. The highest BCUT2D eigenvalue weighted by Gasteiger charge is 2.18. The maximum absolute atomic E-state index is 3.65. The van der Waals surface area contributed by atoms with Gasteiger partial charge in [-0.1, -0.05) is 69.8 Å². The Labute approximate surface area is 105 Å². The molecule has 0 aromatic rings. The van der Waals surface area contributed by atoms with Crippen molar-refractivity contribution in [2.75, 3.05) is 0 Å². The number of hydrogen-bond acceptors (Lipinski definition) is 0. The van der Waals surface area contributed by atoms with Gasteiger partial charge in [-0.15, -0.1) is 0 Å². The molecule has 0 fully saturated rings. The summed E-state index contributed by atoms with van der Waals surface area (Å²) in [5, 5.41) is 0. The summed E-state index contributed by atoms with van der Waals surface area (Å²) in [6.07, 6.45) is 6.81. The van der Waals surface area contributed by atoms with E-state index in [9.17, 15) is 0 Å². The summed E-state index contributed by atoms with van der Waals surface area (Å²) in [6, 6.07) is 0. The van der Waals surface area contributed by atoms with Crippen LogP contribution in [0.1, 0.15) is 66.7 Å². The predicted molar refractivity (Wildman–Crippen MR) is 74.6 cm³/mol. The molecule has 4 unspecified atom stereocenters. The van der Waals surface area contributed by atoms with Crippen molar-refractivity contribution in [3.63, 3.8) is 0 Å². The second-order valence-corrected chi connectivity index (χ2v) is 6.85. The Morgan fingerprint density at radius 1 is 1.00 bits per heavy atom. The van der Waals surface area contributed by atoms with Crippen molar-refractivity contribution in [3.8, 4) is 0 Å². The van der Waals surface area contributed by atoms with Gasteiger partial charge < -0.3 is 0 Å². The fourth-order valence-electron chi connectivity index (χ4n) is 2.66. The van der Waals surface area contributed by atoms with Gasteiger partial charge in [0.05, 0.1) is 0 Å². The van der Waals surface area contributed by atoms with Crippen molar-refractivity contribution >= 4 is 15.9 Å². The third-order valence-corrected chi connectivity index (χ3v) is 3.88. The van der Waals surface area contributed by atoms with Crippen LogP contribution in [0.5, 0.6) is 0 Å². The van der Waals surface area contributed by atoms with Crippen molar-refractivity contribution in [2.24, 2.45) is 17.8 Å². The number of alkyl halides is 1. The molecule has 0 radical (unpaired) electrons. The highest BCUT2D eigenvalue weighted by molar-refractivity contribution is 9.09. The Bertz CT molecular complexity index is 142. The van der Waals surface area contributed by atoms with Crippen LogP contribution in [0.15, 0.2) is 0 Å². The standard InChI is InChI=1S/C14H29Br/c1-6-8-12(4)14(7-2)10-11(3)9-13(5)15/h11-14H,6-10H2,1-5H3. The second-order valence-electron chi connectivity index (χ2n) is 5.29. The second kappa shape index (κ2) is 8.61. The van der Waals surface area contributed by atoms with Gasteiger partial charge in [-0.2, -0.15) is 0 Å². The van der Waals surface area contributed by atoms with Crippen LogP contribution in [0.4, 0.5) is 0 Å². The van der Waals surface area contributed by atoms with E-state index in [1.54, 1.807) is 0 Å². The van der Waals surface area contributed by atoms with E-state index in [4.69, 9.17) is 0 Å². The molecule has 0 aliphatic heterocycles. The van der Waals surface area contributed by atoms with Gasteiger partial charge in [0.1, 0.15) is 0 Å². The summed E-state index contributed by atoms with van der Waals surface area (Å²) in [7, 11) is 0. The van der Waals surface area contributed by atoms with Gasteiger partial charge in [-0.05, 0) is 30.6 Å². The van der Waals surface area contributed by atoms with E-state index in [-0.39, 0.29) is 0 Å². The van der Waals surface area contributed by atoms with Gasteiger partial charge in [-0.3, -0.25) is 0 Å². The monoisotopic (exact) mass is 276 g/mol. The maximum Gasteiger partial charge on any atom is 0.0120 e. The van der Waals surface area contributed by atoms with E-state index >= 15 is 0 Å². The highest BCUT2D eigenvalue weighted by Crippen LogP contribution is 2.29. The first kappa shape index (κ1) is 15.5. The first-order chi connectivity index (χ1) is 7.01.